The number of aryl methyl sites for hydroxylation is 1. The third-order valence-corrected chi connectivity index (χ3v) is 4.62. The Hall–Kier alpha value is -1.98. The molecule has 0 radical (unpaired) electrons. The van der Waals surface area contributed by atoms with E-state index in [9.17, 15) is 19.0 Å². The van der Waals surface area contributed by atoms with E-state index in [0.29, 0.717) is 5.56 Å². The Morgan fingerprint density at radius 2 is 2.31 bits per heavy atom. The summed E-state index contributed by atoms with van der Waals surface area (Å²) in [6.07, 6.45) is -0.297. The Morgan fingerprint density at radius 3 is 2.96 bits per heavy atom. The lowest BCUT2D eigenvalue weighted by atomic mass is 10.1. The minimum absolute atomic E-state index is 0.0335. The lowest BCUT2D eigenvalue weighted by Gasteiger charge is -2.18. The van der Waals surface area contributed by atoms with Gasteiger partial charge in [0.25, 0.3) is 5.56 Å². The van der Waals surface area contributed by atoms with Crippen LogP contribution in [-0.4, -0.2) is 46.3 Å². The van der Waals surface area contributed by atoms with Crippen LogP contribution in [0.25, 0.3) is 10.4 Å². The van der Waals surface area contributed by atoms with E-state index in [1.54, 1.807) is 0 Å². The van der Waals surface area contributed by atoms with Gasteiger partial charge in [0, 0.05) is 29.6 Å². The van der Waals surface area contributed by atoms with Gasteiger partial charge < -0.3 is 15.4 Å². The van der Waals surface area contributed by atoms with Crippen molar-refractivity contribution in [3.05, 3.63) is 43.0 Å². The van der Waals surface area contributed by atoms with Crippen molar-refractivity contribution in [1.82, 2.24) is 9.55 Å². The molecule has 13 nitrogen and oxygen atoms in total. The maximum absolute atomic E-state index is 12.0. The summed E-state index contributed by atoms with van der Waals surface area (Å²) in [6, 6.07) is -0.751. The van der Waals surface area contributed by atoms with Crippen molar-refractivity contribution in [1.29, 1.82) is 0 Å². The molecule has 1 aromatic rings. The van der Waals surface area contributed by atoms with Crippen molar-refractivity contribution in [2.24, 2.45) is 10.8 Å². The van der Waals surface area contributed by atoms with Crippen LogP contribution >= 0.6 is 7.82 Å². The summed E-state index contributed by atoms with van der Waals surface area (Å²) in [5, 5.41) is 3.57. The number of hydrogen-bond donors (Lipinski definition) is 3. The number of nitrogens with two attached hydrogens (primary N) is 1. The van der Waals surface area contributed by atoms with E-state index in [2.05, 4.69) is 19.5 Å². The average Bonchev–Trinajstić information content (AvgIpc) is 2.98. The molecule has 0 aliphatic carbocycles. The summed E-state index contributed by atoms with van der Waals surface area (Å²) in [6.45, 7) is 0.973. The second-order valence-corrected chi connectivity index (χ2v) is 6.96. The second kappa shape index (κ2) is 8.60. The molecule has 2 rings (SSSR count). The molecule has 1 aliphatic rings. The number of phosphoric acid groups is 1. The number of nitrogens with one attached hydrogen (secondary N) is 1. The van der Waals surface area contributed by atoms with Crippen LogP contribution in [0.15, 0.2) is 20.9 Å². The van der Waals surface area contributed by atoms with Gasteiger partial charge in [0.1, 0.15) is 6.23 Å². The van der Waals surface area contributed by atoms with Crippen molar-refractivity contribution >= 4 is 7.82 Å². The van der Waals surface area contributed by atoms with E-state index >= 15 is 0 Å². The van der Waals surface area contributed by atoms with Gasteiger partial charge in [-0.05, 0) is 12.5 Å². The Bertz CT molecular complexity index is 847. The number of azide groups is 1. The molecular weight excluding hydrogens is 371 g/mol. The predicted molar refractivity (Wildman–Crippen MR) is 88.3 cm³/mol. The van der Waals surface area contributed by atoms with Gasteiger partial charge >= 0.3 is 13.5 Å². The van der Waals surface area contributed by atoms with Crippen LogP contribution in [0.4, 0.5) is 0 Å². The summed E-state index contributed by atoms with van der Waals surface area (Å²) in [5.41, 5.74) is 13.0. The molecule has 4 N–H and O–H groups in total. The van der Waals surface area contributed by atoms with Gasteiger partial charge in [-0.2, -0.15) is 0 Å². The molecule has 1 unspecified atom stereocenters. The van der Waals surface area contributed by atoms with E-state index in [1.807, 2.05) is 0 Å². The smallest absolute Gasteiger partial charge is 0.352 e. The number of hydrogen-bond acceptors (Lipinski definition) is 8. The number of rotatable bonds is 8. The Morgan fingerprint density at radius 1 is 1.58 bits per heavy atom. The quantitative estimate of drug-likeness (QED) is 0.237. The summed E-state index contributed by atoms with van der Waals surface area (Å²) >= 11 is 0. The van der Waals surface area contributed by atoms with Crippen LogP contribution in [0.2, 0.25) is 0 Å². The number of aromatic nitrogens is 2. The standard InChI is InChI=1S/C12H19N6O7P/c1-7-5-18(12(20)15-11(7)19)10-4-8(16-17-14)9(25-10)6-24-26(21,22)23-3-2-13/h5,8-10H,2-4,6,13H2,1H3,(H,21,22)(H,15,19,20)/t8-,9+,10+/m0/s1. The summed E-state index contributed by atoms with van der Waals surface area (Å²) in [7, 11) is -4.33. The molecule has 4 atom stereocenters. The first-order chi connectivity index (χ1) is 12.3. The van der Waals surface area contributed by atoms with Gasteiger partial charge in [-0.25, -0.2) is 9.36 Å². The van der Waals surface area contributed by atoms with Gasteiger partial charge in [-0.3, -0.25) is 23.4 Å². The summed E-state index contributed by atoms with van der Waals surface area (Å²) in [4.78, 5) is 37.8. The third kappa shape index (κ3) is 5.02. The van der Waals surface area contributed by atoms with Crippen LogP contribution in [0.5, 0.6) is 0 Å². The molecule has 0 spiro atoms. The Balaban J connectivity index is 2.14. The summed E-state index contributed by atoms with van der Waals surface area (Å²) < 4.78 is 27.9. The van der Waals surface area contributed by atoms with Crippen molar-refractivity contribution < 1.29 is 23.2 Å². The van der Waals surface area contributed by atoms with Crippen molar-refractivity contribution in [3.8, 4) is 0 Å². The van der Waals surface area contributed by atoms with Crippen molar-refractivity contribution in [2.45, 2.75) is 31.7 Å². The topological polar surface area (TPSA) is 195 Å². The van der Waals surface area contributed by atoms with Crippen molar-refractivity contribution in [2.75, 3.05) is 19.8 Å². The predicted octanol–water partition coefficient (Wildman–Crippen LogP) is -0.0963. The van der Waals surface area contributed by atoms with Crippen LogP contribution in [0.1, 0.15) is 18.2 Å². The zero-order valence-electron chi connectivity index (χ0n) is 13.8. The van der Waals surface area contributed by atoms with E-state index in [0.717, 1.165) is 4.57 Å². The molecule has 14 heteroatoms. The van der Waals surface area contributed by atoms with E-state index < -0.39 is 44.1 Å². The second-order valence-electron chi connectivity index (χ2n) is 5.50. The van der Waals surface area contributed by atoms with Gasteiger partial charge in [-0.1, -0.05) is 5.11 Å². The lowest BCUT2D eigenvalue weighted by Crippen LogP contribution is -2.33. The third-order valence-electron chi connectivity index (χ3n) is 3.63. The molecule has 1 saturated heterocycles. The van der Waals surface area contributed by atoms with Crippen LogP contribution in [0, 0.1) is 6.92 Å². The maximum Gasteiger partial charge on any atom is 0.472 e. The summed E-state index contributed by atoms with van der Waals surface area (Å²) in [5.74, 6) is 0. The average molecular weight is 390 g/mol. The van der Waals surface area contributed by atoms with E-state index in [1.165, 1.54) is 13.1 Å². The molecule has 2 heterocycles. The molecule has 0 aromatic carbocycles. The minimum Gasteiger partial charge on any atom is -0.352 e. The highest BCUT2D eigenvalue weighted by molar-refractivity contribution is 7.47. The highest BCUT2D eigenvalue weighted by atomic mass is 31.2. The van der Waals surface area contributed by atoms with E-state index in [-0.39, 0.29) is 19.6 Å². The molecule has 0 amide bonds. The number of H-pyrrole nitrogens is 1. The molecule has 1 fully saturated rings. The molecule has 1 aromatic heterocycles. The number of phosphoric ester groups is 1. The molecule has 144 valence electrons. The highest BCUT2D eigenvalue weighted by Crippen LogP contribution is 2.44. The molecule has 1 aliphatic heterocycles. The monoisotopic (exact) mass is 390 g/mol. The Labute approximate surface area is 146 Å². The first-order valence-corrected chi connectivity index (χ1v) is 9.10. The number of ether oxygens (including phenoxy) is 1. The largest absolute Gasteiger partial charge is 0.472 e. The fraction of sp³-hybridized carbons (Fsp3) is 0.667. The maximum atomic E-state index is 12.0. The fourth-order valence-electron chi connectivity index (χ4n) is 2.40. The normalized spacial score (nSPS) is 24.8. The Kier molecular flexibility index (Phi) is 6.73. The number of aromatic amines is 1. The molecule has 26 heavy (non-hydrogen) atoms. The van der Waals surface area contributed by atoms with Gasteiger partial charge in [0.05, 0.1) is 25.4 Å². The van der Waals surface area contributed by atoms with Gasteiger partial charge in [0.2, 0.25) is 0 Å². The van der Waals surface area contributed by atoms with E-state index in [4.69, 9.17) is 20.5 Å². The zero-order valence-corrected chi connectivity index (χ0v) is 14.7. The molecular formula is C12H19N6O7P. The first-order valence-electron chi connectivity index (χ1n) is 7.61. The molecule has 0 saturated carbocycles. The fourth-order valence-corrected chi connectivity index (χ4v) is 3.14. The first kappa shape index (κ1) is 20.3. The SMILES string of the molecule is Cc1cn([C@H]2C[C@H](N=[N+]=[N-])[C@@H](COP(=O)(O)OCCN)O2)c(=O)[nH]c1=O. The van der Waals surface area contributed by atoms with Gasteiger partial charge in [-0.15, -0.1) is 0 Å². The lowest BCUT2D eigenvalue weighted by molar-refractivity contribution is -0.0283. The highest BCUT2D eigenvalue weighted by Gasteiger charge is 2.38. The minimum atomic E-state index is -4.33. The molecule has 0 bridgehead atoms. The van der Waals surface area contributed by atoms with Crippen LogP contribution in [0.3, 0.4) is 0 Å². The van der Waals surface area contributed by atoms with Gasteiger partial charge in [0.15, 0.2) is 0 Å². The number of nitrogens with zero attached hydrogens (tertiary/aromatic N) is 4. The van der Waals surface area contributed by atoms with Crippen molar-refractivity contribution in [3.63, 3.8) is 0 Å². The zero-order chi connectivity index (χ0) is 19.3. The van der Waals surface area contributed by atoms with Crippen LogP contribution < -0.4 is 17.0 Å². The van der Waals surface area contributed by atoms with Crippen LogP contribution in [-0.2, 0) is 18.3 Å².